The molecule has 2 aromatic rings. The van der Waals surface area contributed by atoms with Gasteiger partial charge in [-0.05, 0) is 23.3 Å². The average Bonchev–Trinajstić information content (AvgIpc) is 2.94. The van der Waals surface area contributed by atoms with Gasteiger partial charge in [0.2, 0.25) is 0 Å². The highest BCUT2D eigenvalue weighted by atomic mass is 16.5. The molecule has 0 radical (unpaired) electrons. The van der Waals surface area contributed by atoms with Gasteiger partial charge in [-0.3, -0.25) is 19.7 Å². The summed E-state index contributed by atoms with van der Waals surface area (Å²) in [4.78, 5) is 35.8. The van der Waals surface area contributed by atoms with Crippen molar-refractivity contribution in [2.24, 2.45) is 0 Å². The molecule has 1 aliphatic heterocycles. The van der Waals surface area contributed by atoms with Crippen LogP contribution in [0, 0.1) is 0 Å². The van der Waals surface area contributed by atoms with Gasteiger partial charge in [-0.2, -0.15) is 0 Å². The average molecular weight is 351 g/mol. The lowest BCUT2D eigenvalue weighted by atomic mass is 10.0. The standard InChI is InChI=1S/C20H17NO5/c1-3-12-7-8-14(16(9-12)25-2)11-26-17(22)10-13-5-4-6-15-18(13)20(24)21-19(15)23/h3-9H,1,10-11H2,2H3,(H,21,23,24). The Morgan fingerprint density at radius 1 is 1.15 bits per heavy atom. The van der Waals surface area contributed by atoms with Crippen LogP contribution in [-0.2, 0) is 22.6 Å². The molecule has 0 spiro atoms. The third kappa shape index (κ3) is 3.35. The molecule has 3 rings (SSSR count). The van der Waals surface area contributed by atoms with E-state index in [4.69, 9.17) is 9.47 Å². The molecule has 2 aromatic carbocycles. The number of carbonyl (C=O) groups is 3. The summed E-state index contributed by atoms with van der Waals surface area (Å²) in [6.07, 6.45) is 1.59. The topological polar surface area (TPSA) is 81.7 Å². The van der Waals surface area contributed by atoms with Gasteiger partial charge in [0.05, 0.1) is 24.7 Å². The Labute approximate surface area is 150 Å². The number of benzene rings is 2. The molecule has 0 fully saturated rings. The van der Waals surface area contributed by atoms with Crippen molar-refractivity contribution in [3.63, 3.8) is 0 Å². The second-order valence-electron chi connectivity index (χ2n) is 5.74. The van der Waals surface area contributed by atoms with Crippen LogP contribution in [0.3, 0.4) is 0 Å². The Balaban J connectivity index is 1.71. The van der Waals surface area contributed by atoms with E-state index < -0.39 is 17.8 Å². The van der Waals surface area contributed by atoms with Crippen molar-refractivity contribution in [1.29, 1.82) is 0 Å². The summed E-state index contributed by atoms with van der Waals surface area (Å²) in [5.74, 6) is -0.844. The highest BCUT2D eigenvalue weighted by Gasteiger charge is 2.29. The van der Waals surface area contributed by atoms with Gasteiger partial charge in [0.15, 0.2) is 0 Å². The van der Waals surface area contributed by atoms with Crippen molar-refractivity contribution < 1.29 is 23.9 Å². The first-order chi connectivity index (χ1) is 12.5. The highest BCUT2D eigenvalue weighted by Crippen LogP contribution is 2.23. The number of amides is 2. The van der Waals surface area contributed by atoms with Crippen molar-refractivity contribution in [1.82, 2.24) is 5.32 Å². The molecule has 0 bridgehead atoms. The van der Waals surface area contributed by atoms with Crippen LogP contribution in [0.2, 0.25) is 0 Å². The number of rotatable bonds is 6. The molecule has 0 saturated heterocycles. The van der Waals surface area contributed by atoms with E-state index in [9.17, 15) is 14.4 Å². The van der Waals surface area contributed by atoms with Crippen LogP contribution < -0.4 is 10.1 Å². The molecule has 6 heteroatoms. The Kier molecular flexibility index (Phi) is 4.84. The van der Waals surface area contributed by atoms with E-state index in [0.29, 0.717) is 11.3 Å². The predicted molar refractivity (Wildman–Crippen MR) is 94.8 cm³/mol. The fourth-order valence-corrected chi connectivity index (χ4v) is 2.81. The van der Waals surface area contributed by atoms with Gasteiger partial charge in [0.1, 0.15) is 12.4 Å². The molecular weight excluding hydrogens is 334 g/mol. The summed E-state index contributed by atoms with van der Waals surface area (Å²) < 4.78 is 10.6. The number of esters is 1. The van der Waals surface area contributed by atoms with Gasteiger partial charge in [-0.15, -0.1) is 0 Å². The van der Waals surface area contributed by atoms with E-state index in [1.807, 2.05) is 6.07 Å². The number of methoxy groups -OCH3 is 1. The summed E-state index contributed by atoms with van der Waals surface area (Å²) in [5.41, 5.74) is 2.60. The van der Waals surface area contributed by atoms with Gasteiger partial charge >= 0.3 is 5.97 Å². The van der Waals surface area contributed by atoms with Crippen molar-refractivity contribution in [2.75, 3.05) is 7.11 Å². The van der Waals surface area contributed by atoms with Crippen molar-refractivity contribution in [3.05, 3.63) is 70.8 Å². The first-order valence-electron chi connectivity index (χ1n) is 7.96. The summed E-state index contributed by atoms with van der Waals surface area (Å²) in [5, 5.41) is 2.23. The molecule has 1 heterocycles. The zero-order chi connectivity index (χ0) is 18.7. The van der Waals surface area contributed by atoms with Gasteiger partial charge in [0.25, 0.3) is 11.8 Å². The molecule has 6 nitrogen and oxygen atoms in total. The number of carbonyl (C=O) groups excluding carboxylic acids is 3. The zero-order valence-electron chi connectivity index (χ0n) is 14.2. The summed E-state index contributed by atoms with van der Waals surface area (Å²) in [6, 6.07) is 10.3. The molecule has 0 atom stereocenters. The zero-order valence-corrected chi connectivity index (χ0v) is 14.2. The molecule has 1 N–H and O–H groups in total. The fraction of sp³-hybridized carbons (Fsp3) is 0.150. The highest BCUT2D eigenvalue weighted by molar-refractivity contribution is 6.22. The lowest BCUT2D eigenvalue weighted by molar-refractivity contribution is -0.144. The van der Waals surface area contributed by atoms with Crippen molar-refractivity contribution >= 4 is 23.9 Å². The van der Waals surface area contributed by atoms with Crippen LogP contribution >= 0.6 is 0 Å². The van der Waals surface area contributed by atoms with Crippen LogP contribution in [0.1, 0.15) is 37.4 Å². The van der Waals surface area contributed by atoms with Crippen LogP contribution in [0.25, 0.3) is 6.08 Å². The largest absolute Gasteiger partial charge is 0.496 e. The number of hydrogen-bond donors (Lipinski definition) is 1. The molecular formula is C20H17NO5. The smallest absolute Gasteiger partial charge is 0.310 e. The second kappa shape index (κ2) is 7.23. The number of hydrogen-bond acceptors (Lipinski definition) is 5. The third-order valence-electron chi connectivity index (χ3n) is 4.12. The van der Waals surface area contributed by atoms with E-state index in [0.717, 1.165) is 11.1 Å². The van der Waals surface area contributed by atoms with E-state index in [2.05, 4.69) is 11.9 Å². The maximum absolute atomic E-state index is 12.2. The number of ether oxygens (including phenoxy) is 2. The van der Waals surface area contributed by atoms with Gasteiger partial charge in [0, 0.05) is 5.56 Å². The van der Waals surface area contributed by atoms with Crippen LogP contribution in [-0.4, -0.2) is 24.9 Å². The summed E-state index contributed by atoms with van der Waals surface area (Å²) in [7, 11) is 1.54. The molecule has 0 saturated carbocycles. The van der Waals surface area contributed by atoms with E-state index >= 15 is 0 Å². The second-order valence-corrected chi connectivity index (χ2v) is 5.74. The molecule has 2 amide bonds. The monoisotopic (exact) mass is 351 g/mol. The number of nitrogens with one attached hydrogen (secondary N) is 1. The van der Waals surface area contributed by atoms with Gasteiger partial charge in [-0.25, -0.2) is 0 Å². The minimum atomic E-state index is -0.500. The summed E-state index contributed by atoms with van der Waals surface area (Å²) in [6.45, 7) is 3.74. The molecule has 26 heavy (non-hydrogen) atoms. The lowest BCUT2D eigenvalue weighted by Crippen LogP contribution is -2.20. The normalized spacial score (nSPS) is 12.3. The van der Waals surface area contributed by atoms with E-state index in [1.165, 1.54) is 7.11 Å². The Hall–Kier alpha value is -3.41. The number of imide groups is 1. The summed E-state index contributed by atoms with van der Waals surface area (Å²) >= 11 is 0. The molecule has 1 aliphatic rings. The first-order valence-corrected chi connectivity index (χ1v) is 7.96. The van der Waals surface area contributed by atoms with E-state index in [-0.39, 0.29) is 24.2 Å². The lowest BCUT2D eigenvalue weighted by Gasteiger charge is -2.11. The third-order valence-corrected chi connectivity index (χ3v) is 4.12. The Morgan fingerprint density at radius 3 is 2.69 bits per heavy atom. The quantitative estimate of drug-likeness (QED) is 0.639. The van der Waals surface area contributed by atoms with Crippen molar-refractivity contribution in [3.8, 4) is 5.75 Å². The fourth-order valence-electron chi connectivity index (χ4n) is 2.81. The van der Waals surface area contributed by atoms with Crippen LogP contribution in [0.15, 0.2) is 43.0 Å². The Bertz CT molecular complexity index is 916. The van der Waals surface area contributed by atoms with Gasteiger partial charge in [-0.1, -0.05) is 36.9 Å². The molecule has 0 unspecified atom stereocenters. The van der Waals surface area contributed by atoms with Crippen LogP contribution in [0.5, 0.6) is 5.75 Å². The maximum atomic E-state index is 12.2. The molecule has 0 aliphatic carbocycles. The predicted octanol–water partition coefficient (Wildman–Crippen LogP) is 2.51. The molecule has 0 aromatic heterocycles. The first kappa shape index (κ1) is 17.4. The van der Waals surface area contributed by atoms with Crippen molar-refractivity contribution in [2.45, 2.75) is 13.0 Å². The maximum Gasteiger partial charge on any atom is 0.310 e. The SMILES string of the molecule is C=Cc1ccc(COC(=O)Cc2cccc3c2C(=O)NC3=O)c(OC)c1. The minimum absolute atomic E-state index is 0.0413. The van der Waals surface area contributed by atoms with Gasteiger partial charge < -0.3 is 9.47 Å². The Morgan fingerprint density at radius 2 is 1.96 bits per heavy atom. The minimum Gasteiger partial charge on any atom is -0.496 e. The van der Waals surface area contributed by atoms with Crippen LogP contribution in [0.4, 0.5) is 0 Å². The van der Waals surface area contributed by atoms with E-state index in [1.54, 1.807) is 36.4 Å². The number of fused-ring (bicyclic) bond motifs is 1. The molecule has 132 valence electrons.